The van der Waals surface area contributed by atoms with E-state index in [1.807, 2.05) is 37.3 Å². The third-order valence-corrected chi connectivity index (χ3v) is 5.93. The number of nitrogens with one attached hydrogen (secondary N) is 1. The smallest absolute Gasteiger partial charge is 0.227 e. The molecule has 2 aliphatic rings. The SMILES string of the molecule is C[C@@H](C(=O)NC1CCN(CC2(O)CCCCC2)CC1)c1ccccc1. The zero-order valence-corrected chi connectivity index (χ0v) is 15.4. The molecule has 1 aliphatic carbocycles. The van der Waals surface area contributed by atoms with Crippen molar-refractivity contribution in [1.29, 1.82) is 0 Å². The minimum atomic E-state index is -0.476. The van der Waals surface area contributed by atoms with Crippen molar-refractivity contribution in [2.75, 3.05) is 19.6 Å². The predicted molar refractivity (Wildman–Crippen MR) is 100 cm³/mol. The number of amides is 1. The van der Waals surface area contributed by atoms with Crippen molar-refractivity contribution >= 4 is 5.91 Å². The van der Waals surface area contributed by atoms with Gasteiger partial charge < -0.3 is 15.3 Å². The Hall–Kier alpha value is -1.39. The van der Waals surface area contributed by atoms with Gasteiger partial charge in [-0.2, -0.15) is 0 Å². The number of likely N-dealkylation sites (tertiary alicyclic amines) is 1. The summed E-state index contributed by atoms with van der Waals surface area (Å²) in [5.41, 5.74) is 0.591. The van der Waals surface area contributed by atoms with Gasteiger partial charge in [0.25, 0.3) is 0 Å². The van der Waals surface area contributed by atoms with Crippen LogP contribution in [0.1, 0.15) is 63.4 Å². The first kappa shape index (κ1) is 18.4. The number of nitrogens with zero attached hydrogens (tertiary/aromatic N) is 1. The van der Waals surface area contributed by atoms with Crippen LogP contribution in [0.25, 0.3) is 0 Å². The van der Waals surface area contributed by atoms with Crippen molar-refractivity contribution < 1.29 is 9.90 Å². The Morgan fingerprint density at radius 1 is 1.20 bits per heavy atom. The predicted octanol–water partition coefficient (Wildman–Crippen LogP) is 3.07. The first-order valence-electron chi connectivity index (χ1n) is 9.86. The molecule has 0 aromatic heterocycles. The summed E-state index contributed by atoms with van der Waals surface area (Å²) in [7, 11) is 0. The maximum Gasteiger partial charge on any atom is 0.227 e. The van der Waals surface area contributed by atoms with Crippen LogP contribution in [-0.4, -0.2) is 47.2 Å². The monoisotopic (exact) mass is 344 g/mol. The molecule has 1 amide bonds. The Bertz CT molecular complexity index is 546. The summed E-state index contributed by atoms with van der Waals surface area (Å²) >= 11 is 0. The lowest BCUT2D eigenvalue weighted by molar-refractivity contribution is -0.123. The van der Waals surface area contributed by atoms with Gasteiger partial charge in [-0.15, -0.1) is 0 Å². The van der Waals surface area contributed by atoms with Crippen molar-refractivity contribution in [1.82, 2.24) is 10.2 Å². The van der Waals surface area contributed by atoms with E-state index in [1.54, 1.807) is 0 Å². The van der Waals surface area contributed by atoms with Crippen LogP contribution in [0.2, 0.25) is 0 Å². The second kappa shape index (κ2) is 8.33. The fourth-order valence-electron chi connectivity index (χ4n) is 4.24. The zero-order valence-electron chi connectivity index (χ0n) is 15.4. The molecule has 25 heavy (non-hydrogen) atoms. The van der Waals surface area contributed by atoms with Gasteiger partial charge in [0, 0.05) is 25.7 Å². The van der Waals surface area contributed by atoms with Crippen LogP contribution >= 0.6 is 0 Å². The van der Waals surface area contributed by atoms with Gasteiger partial charge in [0.15, 0.2) is 0 Å². The molecule has 1 heterocycles. The van der Waals surface area contributed by atoms with Gasteiger partial charge in [-0.25, -0.2) is 0 Å². The average Bonchev–Trinajstić information content (AvgIpc) is 2.64. The molecule has 0 radical (unpaired) electrons. The number of hydrogen-bond donors (Lipinski definition) is 2. The number of hydrogen-bond acceptors (Lipinski definition) is 3. The van der Waals surface area contributed by atoms with Crippen molar-refractivity contribution in [3.05, 3.63) is 35.9 Å². The van der Waals surface area contributed by atoms with Crippen molar-refractivity contribution in [2.45, 2.75) is 69.4 Å². The molecule has 4 nitrogen and oxygen atoms in total. The number of carbonyl (C=O) groups is 1. The maximum absolute atomic E-state index is 12.5. The molecule has 1 saturated heterocycles. The van der Waals surface area contributed by atoms with Crippen LogP contribution in [0.5, 0.6) is 0 Å². The fraction of sp³-hybridized carbons (Fsp3) is 0.667. The van der Waals surface area contributed by atoms with E-state index in [1.165, 1.54) is 6.42 Å². The van der Waals surface area contributed by atoms with E-state index < -0.39 is 5.60 Å². The van der Waals surface area contributed by atoms with Crippen LogP contribution < -0.4 is 5.32 Å². The molecule has 1 aliphatic heterocycles. The number of aliphatic hydroxyl groups is 1. The van der Waals surface area contributed by atoms with E-state index in [4.69, 9.17) is 0 Å². The first-order chi connectivity index (χ1) is 12.1. The molecule has 1 saturated carbocycles. The Kier molecular flexibility index (Phi) is 6.13. The first-order valence-corrected chi connectivity index (χ1v) is 9.86. The Morgan fingerprint density at radius 3 is 2.48 bits per heavy atom. The number of piperidine rings is 1. The largest absolute Gasteiger partial charge is 0.389 e. The highest BCUT2D eigenvalue weighted by molar-refractivity contribution is 5.83. The molecule has 1 aromatic carbocycles. The summed E-state index contributed by atoms with van der Waals surface area (Å²) in [5, 5.41) is 13.9. The third-order valence-electron chi connectivity index (χ3n) is 5.93. The highest BCUT2D eigenvalue weighted by atomic mass is 16.3. The van der Waals surface area contributed by atoms with E-state index in [0.29, 0.717) is 0 Å². The van der Waals surface area contributed by atoms with E-state index >= 15 is 0 Å². The third kappa shape index (κ3) is 5.05. The van der Waals surface area contributed by atoms with Crippen molar-refractivity contribution in [3.63, 3.8) is 0 Å². The Balaban J connectivity index is 1.44. The van der Waals surface area contributed by atoms with Gasteiger partial charge in [0.05, 0.1) is 11.5 Å². The molecule has 3 rings (SSSR count). The second-order valence-electron chi connectivity index (χ2n) is 7.98. The quantitative estimate of drug-likeness (QED) is 0.863. The summed E-state index contributed by atoms with van der Waals surface area (Å²) in [4.78, 5) is 14.9. The molecule has 0 unspecified atom stereocenters. The summed E-state index contributed by atoms with van der Waals surface area (Å²) in [6.07, 6.45) is 7.40. The molecule has 0 bridgehead atoms. The lowest BCUT2D eigenvalue weighted by atomic mass is 9.84. The molecular formula is C21H32N2O2. The van der Waals surface area contributed by atoms with Crippen LogP contribution in [0.3, 0.4) is 0 Å². The van der Waals surface area contributed by atoms with Crippen LogP contribution in [0, 0.1) is 0 Å². The van der Waals surface area contributed by atoms with E-state index in [9.17, 15) is 9.90 Å². The lowest BCUT2D eigenvalue weighted by Crippen LogP contribution is -2.50. The topological polar surface area (TPSA) is 52.6 Å². The van der Waals surface area contributed by atoms with E-state index in [2.05, 4.69) is 10.2 Å². The fourth-order valence-corrected chi connectivity index (χ4v) is 4.24. The number of rotatable bonds is 5. The van der Waals surface area contributed by atoms with Crippen molar-refractivity contribution in [2.24, 2.45) is 0 Å². The summed E-state index contributed by atoms with van der Waals surface area (Å²) in [6, 6.07) is 10.2. The summed E-state index contributed by atoms with van der Waals surface area (Å²) in [5.74, 6) is 0.0118. The number of β-amino-alcohol motifs (C(OH)–C–C–N with tert-alkyl or cyclic N) is 1. The number of carbonyl (C=O) groups excluding carboxylic acids is 1. The second-order valence-corrected chi connectivity index (χ2v) is 7.98. The van der Waals surface area contributed by atoms with Gasteiger partial charge >= 0.3 is 0 Å². The van der Waals surface area contributed by atoms with Gasteiger partial charge in [0.2, 0.25) is 5.91 Å². The van der Waals surface area contributed by atoms with Crippen LogP contribution in [0.4, 0.5) is 0 Å². The molecule has 4 heteroatoms. The van der Waals surface area contributed by atoms with Crippen LogP contribution in [0.15, 0.2) is 30.3 Å². The molecule has 138 valence electrons. The average molecular weight is 344 g/mol. The Labute approximate surface area is 151 Å². The van der Waals surface area contributed by atoms with Gasteiger partial charge in [-0.3, -0.25) is 4.79 Å². The maximum atomic E-state index is 12.5. The van der Waals surface area contributed by atoms with Crippen molar-refractivity contribution in [3.8, 4) is 0 Å². The molecule has 1 atom stereocenters. The summed E-state index contributed by atoms with van der Waals surface area (Å²) in [6.45, 7) is 4.70. The van der Waals surface area contributed by atoms with Gasteiger partial charge in [-0.1, -0.05) is 49.6 Å². The number of benzene rings is 1. The lowest BCUT2D eigenvalue weighted by Gasteiger charge is -2.40. The standard InChI is InChI=1S/C21H32N2O2/c1-17(18-8-4-2-5-9-18)20(24)22-19-10-14-23(15-11-19)16-21(25)12-6-3-7-13-21/h2,4-5,8-9,17,19,25H,3,6-7,10-16H2,1H3,(H,22,24)/t17-/m1/s1. The van der Waals surface area contributed by atoms with Crippen LogP contribution in [-0.2, 0) is 4.79 Å². The van der Waals surface area contributed by atoms with Gasteiger partial charge in [0.1, 0.15) is 0 Å². The molecule has 1 aromatic rings. The highest BCUT2D eigenvalue weighted by Gasteiger charge is 2.33. The normalized spacial score (nSPS) is 23.1. The summed E-state index contributed by atoms with van der Waals surface area (Å²) < 4.78 is 0. The minimum Gasteiger partial charge on any atom is -0.389 e. The molecule has 2 fully saturated rings. The highest BCUT2D eigenvalue weighted by Crippen LogP contribution is 2.29. The minimum absolute atomic E-state index is 0.109. The Morgan fingerprint density at radius 2 is 1.84 bits per heavy atom. The molecular weight excluding hydrogens is 312 g/mol. The molecule has 2 N–H and O–H groups in total. The van der Waals surface area contributed by atoms with E-state index in [-0.39, 0.29) is 17.9 Å². The zero-order chi connectivity index (χ0) is 17.7. The molecule has 0 spiro atoms. The van der Waals surface area contributed by atoms with Gasteiger partial charge in [-0.05, 0) is 38.2 Å². The van der Waals surface area contributed by atoms with E-state index in [0.717, 1.165) is 63.7 Å².